The van der Waals surface area contributed by atoms with E-state index in [0.717, 1.165) is 37.2 Å². The molecule has 2 unspecified atom stereocenters. The molecule has 2 amide bonds. The number of hydrogen-bond acceptors (Lipinski definition) is 4. The molecule has 25 heavy (non-hydrogen) atoms. The minimum atomic E-state index is -0.251. The van der Waals surface area contributed by atoms with Crippen LogP contribution in [0.2, 0.25) is 0 Å². The van der Waals surface area contributed by atoms with E-state index in [1.54, 1.807) is 12.0 Å². The smallest absolute Gasteiger partial charge is 0.225 e. The van der Waals surface area contributed by atoms with Crippen molar-refractivity contribution in [3.05, 3.63) is 29.8 Å². The fraction of sp³-hybridized carbons (Fsp3) is 0.579. The third-order valence-corrected chi connectivity index (χ3v) is 4.88. The topological polar surface area (TPSA) is 67.9 Å². The number of ether oxygens (including phenoxy) is 2. The summed E-state index contributed by atoms with van der Waals surface area (Å²) >= 11 is 0. The molecule has 2 atom stereocenters. The fourth-order valence-corrected chi connectivity index (χ4v) is 3.46. The SMILES string of the molecule is COc1cccc(CCNC(=O)C2CC(=O)N(CC3CCCO3)C2)c1. The molecule has 0 aromatic heterocycles. The predicted molar refractivity (Wildman–Crippen MR) is 93.4 cm³/mol. The first kappa shape index (κ1) is 17.7. The van der Waals surface area contributed by atoms with E-state index in [0.29, 0.717) is 26.1 Å². The number of nitrogens with one attached hydrogen (secondary N) is 1. The highest BCUT2D eigenvalue weighted by atomic mass is 16.5. The number of methoxy groups -OCH3 is 1. The zero-order valence-electron chi connectivity index (χ0n) is 14.7. The molecule has 2 aliphatic rings. The van der Waals surface area contributed by atoms with Gasteiger partial charge in [-0.05, 0) is 37.0 Å². The summed E-state index contributed by atoms with van der Waals surface area (Å²) < 4.78 is 10.8. The molecule has 0 bridgehead atoms. The van der Waals surface area contributed by atoms with Gasteiger partial charge in [0.2, 0.25) is 11.8 Å². The molecule has 3 rings (SSSR count). The Kier molecular flexibility index (Phi) is 5.91. The molecule has 136 valence electrons. The highest BCUT2D eigenvalue weighted by molar-refractivity contribution is 5.89. The summed E-state index contributed by atoms with van der Waals surface area (Å²) in [7, 11) is 1.64. The van der Waals surface area contributed by atoms with Crippen LogP contribution in [0.5, 0.6) is 5.75 Å². The van der Waals surface area contributed by atoms with Crippen molar-refractivity contribution < 1.29 is 19.1 Å². The van der Waals surface area contributed by atoms with Crippen LogP contribution in [0.15, 0.2) is 24.3 Å². The van der Waals surface area contributed by atoms with Gasteiger partial charge >= 0.3 is 0 Å². The summed E-state index contributed by atoms with van der Waals surface area (Å²) in [5.41, 5.74) is 1.11. The van der Waals surface area contributed by atoms with Gasteiger partial charge in [0.05, 0.1) is 19.1 Å². The fourth-order valence-electron chi connectivity index (χ4n) is 3.46. The normalized spacial score (nSPS) is 23.1. The molecule has 0 aliphatic carbocycles. The van der Waals surface area contributed by atoms with E-state index in [9.17, 15) is 9.59 Å². The molecule has 2 fully saturated rings. The Morgan fingerprint density at radius 1 is 1.44 bits per heavy atom. The maximum absolute atomic E-state index is 12.3. The van der Waals surface area contributed by atoms with Gasteiger partial charge in [-0.15, -0.1) is 0 Å². The number of amides is 2. The maximum Gasteiger partial charge on any atom is 0.225 e. The molecule has 1 N–H and O–H groups in total. The average molecular weight is 346 g/mol. The summed E-state index contributed by atoms with van der Waals surface area (Å²) in [4.78, 5) is 26.2. The number of nitrogens with zero attached hydrogens (tertiary/aromatic N) is 1. The zero-order chi connectivity index (χ0) is 17.6. The Labute approximate surface area is 148 Å². The highest BCUT2D eigenvalue weighted by Gasteiger charge is 2.35. The standard InChI is InChI=1S/C19H26N2O4/c1-24-16-5-2-4-14(10-16)7-8-20-19(23)15-11-18(22)21(12-15)13-17-6-3-9-25-17/h2,4-5,10,15,17H,3,6-9,11-13H2,1H3,(H,20,23). The molecule has 2 saturated heterocycles. The van der Waals surface area contributed by atoms with Gasteiger partial charge in [0.25, 0.3) is 0 Å². The molecule has 0 radical (unpaired) electrons. The largest absolute Gasteiger partial charge is 0.497 e. The van der Waals surface area contributed by atoms with Crippen molar-refractivity contribution in [2.45, 2.75) is 31.8 Å². The van der Waals surface area contributed by atoms with Crippen molar-refractivity contribution in [3.63, 3.8) is 0 Å². The van der Waals surface area contributed by atoms with Crippen LogP contribution < -0.4 is 10.1 Å². The summed E-state index contributed by atoms with van der Waals surface area (Å²) in [6.45, 7) is 2.46. The van der Waals surface area contributed by atoms with Crippen LogP contribution in [-0.4, -0.2) is 56.2 Å². The van der Waals surface area contributed by atoms with Crippen LogP contribution in [0.3, 0.4) is 0 Å². The van der Waals surface area contributed by atoms with E-state index in [-0.39, 0.29) is 23.8 Å². The average Bonchev–Trinajstić information content (AvgIpc) is 3.26. The van der Waals surface area contributed by atoms with Crippen LogP contribution in [0, 0.1) is 5.92 Å². The van der Waals surface area contributed by atoms with Crippen molar-refractivity contribution in [2.75, 3.05) is 33.4 Å². The zero-order valence-corrected chi connectivity index (χ0v) is 14.7. The molecular formula is C19H26N2O4. The number of carbonyl (C=O) groups excluding carboxylic acids is 2. The first-order chi connectivity index (χ1) is 12.2. The first-order valence-electron chi connectivity index (χ1n) is 8.95. The van der Waals surface area contributed by atoms with Gasteiger partial charge in [0.1, 0.15) is 5.75 Å². The Balaban J connectivity index is 1.42. The van der Waals surface area contributed by atoms with Crippen molar-refractivity contribution in [3.8, 4) is 5.75 Å². The van der Waals surface area contributed by atoms with Crippen molar-refractivity contribution in [2.24, 2.45) is 5.92 Å². The molecule has 6 nitrogen and oxygen atoms in total. The first-order valence-corrected chi connectivity index (χ1v) is 8.95. The molecule has 6 heteroatoms. The van der Waals surface area contributed by atoms with Crippen LogP contribution in [0.25, 0.3) is 0 Å². The summed E-state index contributed by atoms with van der Waals surface area (Å²) in [6.07, 6.45) is 3.24. The van der Waals surface area contributed by atoms with Crippen LogP contribution in [-0.2, 0) is 20.7 Å². The lowest BCUT2D eigenvalue weighted by Crippen LogP contribution is -2.36. The number of carbonyl (C=O) groups is 2. The van der Waals surface area contributed by atoms with Gasteiger partial charge in [0.15, 0.2) is 0 Å². The quantitative estimate of drug-likeness (QED) is 0.810. The summed E-state index contributed by atoms with van der Waals surface area (Å²) in [6, 6.07) is 7.81. The van der Waals surface area contributed by atoms with E-state index in [4.69, 9.17) is 9.47 Å². The molecule has 1 aromatic rings. The van der Waals surface area contributed by atoms with Crippen LogP contribution in [0.1, 0.15) is 24.8 Å². The number of hydrogen-bond donors (Lipinski definition) is 1. The second-order valence-corrected chi connectivity index (χ2v) is 6.73. The van der Waals surface area contributed by atoms with Crippen LogP contribution in [0.4, 0.5) is 0 Å². The molecule has 0 saturated carbocycles. The minimum Gasteiger partial charge on any atom is -0.497 e. The monoisotopic (exact) mass is 346 g/mol. The van der Waals surface area contributed by atoms with E-state index >= 15 is 0 Å². The van der Waals surface area contributed by atoms with Gasteiger partial charge < -0.3 is 19.7 Å². The van der Waals surface area contributed by atoms with Gasteiger partial charge in [-0.3, -0.25) is 9.59 Å². The number of likely N-dealkylation sites (tertiary alicyclic amines) is 1. The van der Waals surface area contributed by atoms with Crippen molar-refractivity contribution in [1.29, 1.82) is 0 Å². The molecule has 0 spiro atoms. The number of rotatable bonds is 7. The lowest BCUT2D eigenvalue weighted by atomic mass is 10.1. The van der Waals surface area contributed by atoms with E-state index in [1.165, 1.54) is 0 Å². The van der Waals surface area contributed by atoms with Gasteiger partial charge in [-0.2, -0.15) is 0 Å². The number of benzene rings is 1. The predicted octanol–water partition coefficient (Wildman–Crippen LogP) is 1.38. The molecule has 2 aliphatic heterocycles. The third kappa shape index (κ3) is 4.72. The lowest BCUT2D eigenvalue weighted by molar-refractivity contribution is -0.129. The Bertz CT molecular complexity index is 613. The lowest BCUT2D eigenvalue weighted by Gasteiger charge is -2.20. The van der Waals surface area contributed by atoms with E-state index < -0.39 is 0 Å². The second-order valence-electron chi connectivity index (χ2n) is 6.73. The molecule has 1 aromatic carbocycles. The van der Waals surface area contributed by atoms with Crippen molar-refractivity contribution in [1.82, 2.24) is 10.2 Å². The van der Waals surface area contributed by atoms with Gasteiger partial charge in [-0.1, -0.05) is 12.1 Å². The van der Waals surface area contributed by atoms with Gasteiger partial charge in [-0.25, -0.2) is 0 Å². The van der Waals surface area contributed by atoms with E-state index in [1.807, 2.05) is 24.3 Å². The Morgan fingerprint density at radius 2 is 2.32 bits per heavy atom. The van der Waals surface area contributed by atoms with Gasteiger partial charge in [0, 0.05) is 32.7 Å². The maximum atomic E-state index is 12.3. The van der Waals surface area contributed by atoms with Crippen molar-refractivity contribution >= 4 is 11.8 Å². The highest BCUT2D eigenvalue weighted by Crippen LogP contribution is 2.21. The third-order valence-electron chi connectivity index (χ3n) is 4.88. The molecular weight excluding hydrogens is 320 g/mol. The Morgan fingerprint density at radius 3 is 3.08 bits per heavy atom. The minimum absolute atomic E-state index is 0.0360. The van der Waals surface area contributed by atoms with E-state index in [2.05, 4.69) is 5.32 Å². The second kappa shape index (κ2) is 8.34. The summed E-state index contributed by atoms with van der Waals surface area (Å²) in [5.74, 6) is 0.587. The summed E-state index contributed by atoms with van der Waals surface area (Å²) in [5, 5.41) is 2.96. The Hall–Kier alpha value is -2.08. The molecule has 2 heterocycles. The van der Waals surface area contributed by atoms with Crippen LogP contribution >= 0.6 is 0 Å².